The van der Waals surface area contributed by atoms with Gasteiger partial charge >= 0.3 is 0 Å². The largest absolute Gasteiger partial charge is 0.403 e. The number of fused-ring (bicyclic) bond motifs is 1. The lowest BCUT2D eigenvalue weighted by atomic mass is 10.2. The molecule has 0 aliphatic carbocycles. The first-order valence-electron chi connectivity index (χ1n) is 8.37. The first-order chi connectivity index (χ1) is 13.3. The monoisotopic (exact) mass is 376 g/mol. The smallest absolute Gasteiger partial charge is 0.295 e. The zero-order valence-electron chi connectivity index (χ0n) is 14.4. The number of benzene rings is 1. The van der Waals surface area contributed by atoms with Crippen molar-refractivity contribution >= 4 is 22.7 Å². The molecule has 134 valence electrons. The van der Waals surface area contributed by atoms with Crippen LogP contribution in [0.4, 0.5) is 0 Å². The summed E-state index contributed by atoms with van der Waals surface area (Å²) in [7, 11) is 0. The van der Waals surface area contributed by atoms with E-state index in [1.165, 1.54) is 16.5 Å². The number of rotatable bonds is 6. The maximum absolute atomic E-state index is 12.9. The van der Waals surface area contributed by atoms with Crippen LogP contribution < -0.4 is 10.4 Å². The molecule has 0 saturated heterocycles. The quantitative estimate of drug-likeness (QED) is 0.380. The third kappa shape index (κ3) is 3.98. The fraction of sp³-hybridized carbons (Fsp3) is 0.100. The number of aromatic nitrogens is 4. The molecule has 0 saturated carbocycles. The molecular weight excluding hydrogens is 360 g/mol. The Bertz CT molecular complexity index is 1100. The summed E-state index contributed by atoms with van der Waals surface area (Å²) in [5.41, 5.74) is 2.35. The maximum Gasteiger partial charge on any atom is 0.295 e. The molecule has 0 aliphatic rings. The minimum absolute atomic E-state index is 0.224. The zero-order chi connectivity index (χ0) is 18.5. The van der Waals surface area contributed by atoms with E-state index in [0.717, 1.165) is 11.1 Å². The van der Waals surface area contributed by atoms with Gasteiger partial charge in [-0.05, 0) is 29.8 Å². The second-order valence-corrected chi connectivity index (χ2v) is 6.74. The highest BCUT2D eigenvalue weighted by Gasteiger charge is 2.13. The van der Waals surface area contributed by atoms with Gasteiger partial charge in [-0.25, -0.2) is 4.98 Å². The summed E-state index contributed by atoms with van der Waals surface area (Å²) in [6.07, 6.45) is 6.94. The molecule has 7 heteroatoms. The number of para-hydroxylation sites is 1. The predicted octanol–water partition coefficient (Wildman–Crippen LogP) is 3.11. The van der Waals surface area contributed by atoms with Gasteiger partial charge in [-0.3, -0.25) is 14.8 Å². The van der Waals surface area contributed by atoms with Crippen LogP contribution in [0.5, 0.6) is 0 Å². The van der Waals surface area contributed by atoms with Gasteiger partial charge < -0.3 is 4.84 Å². The van der Waals surface area contributed by atoms with Crippen molar-refractivity contribution < 1.29 is 4.84 Å². The van der Waals surface area contributed by atoms with E-state index in [-0.39, 0.29) is 12.2 Å². The summed E-state index contributed by atoms with van der Waals surface area (Å²) >= 11 is 1.44. The van der Waals surface area contributed by atoms with Crippen LogP contribution in [0.15, 0.2) is 83.3 Å². The Balaban J connectivity index is 1.67. The average Bonchev–Trinajstić information content (AvgIpc) is 2.73. The summed E-state index contributed by atoms with van der Waals surface area (Å²) in [6, 6.07) is 14.9. The highest BCUT2D eigenvalue weighted by molar-refractivity contribution is 7.98. The van der Waals surface area contributed by atoms with E-state index >= 15 is 0 Å². The van der Waals surface area contributed by atoms with Crippen LogP contribution in [0.1, 0.15) is 11.1 Å². The average molecular weight is 376 g/mol. The number of pyridine rings is 2. The fourth-order valence-corrected chi connectivity index (χ4v) is 3.44. The first kappa shape index (κ1) is 17.2. The van der Waals surface area contributed by atoms with Crippen LogP contribution in [0.2, 0.25) is 0 Å². The third-order valence-electron chi connectivity index (χ3n) is 3.88. The van der Waals surface area contributed by atoms with Crippen molar-refractivity contribution in [2.75, 3.05) is 0 Å². The normalized spacial score (nSPS) is 10.8. The molecule has 3 aromatic heterocycles. The van der Waals surface area contributed by atoms with E-state index in [9.17, 15) is 4.79 Å². The SMILES string of the molecule is O=c1c2ccccc2nc(SCc2cccnc2)n1OCc1cccnc1. The second-order valence-electron chi connectivity index (χ2n) is 5.80. The number of hydrogen-bond acceptors (Lipinski definition) is 6. The maximum atomic E-state index is 12.9. The molecule has 0 unspecified atom stereocenters. The highest BCUT2D eigenvalue weighted by atomic mass is 32.2. The summed E-state index contributed by atoms with van der Waals surface area (Å²) in [6.45, 7) is 0.230. The summed E-state index contributed by atoms with van der Waals surface area (Å²) < 4.78 is 1.27. The minimum atomic E-state index is -0.224. The van der Waals surface area contributed by atoms with E-state index in [1.54, 1.807) is 30.9 Å². The van der Waals surface area contributed by atoms with Crippen LogP contribution in [0, 0.1) is 0 Å². The van der Waals surface area contributed by atoms with Crippen molar-refractivity contribution in [1.29, 1.82) is 0 Å². The molecule has 6 nitrogen and oxygen atoms in total. The Hall–Kier alpha value is -3.19. The van der Waals surface area contributed by atoms with Crippen molar-refractivity contribution in [2.45, 2.75) is 17.5 Å². The molecule has 0 radical (unpaired) electrons. The van der Waals surface area contributed by atoms with Crippen molar-refractivity contribution in [3.63, 3.8) is 0 Å². The van der Waals surface area contributed by atoms with Crippen LogP contribution in [0.25, 0.3) is 10.9 Å². The zero-order valence-corrected chi connectivity index (χ0v) is 15.2. The van der Waals surface area contributed by atoms with E-state index < -0.39 is 0 Å². The lowest BCUT2D eigenvalue weighted by molar-refractivity contribution is 0.0681. The van der Waals surface area contributed by atoms with Gasteiger partial charge in [0.15, 0.2) is 0 Å². The molecule has 1 aromatic carbocycles. The topological polar surface area (TPSA) is 69.9 Å². The van der Waals surface area contributed by atoms with E-state index in [0.29, 0.717) is 21.8 Å². The van der Waals surface area contributed by atoms with Crippen LogP contribution in [-0.2, 0) is 12.4 Å². The Morgan fingerprint density at radius 1 is 0.926 bits per heavy atom. The van der Waals surface area contributed by atoms with Crippen LogP contribution in [0.3, 0.4) is 0 Å². The van der Waals surface area contributed by atoms with Gasteiger partial charge in [0.25, 0.3) is 5.56 Å². The van der Waals surface area contributed by atoms with Gasteiger partial charge in [-0.2, -0.15) is 0 Å². The number of nitrogens with zero attached hydrogens (tertiary/aromatic N) is 4. The molecule has 0 aliphatic heterocycles. The molecule has 0 fully saturated rings. The molecule has 27 heavy (non-hydrogen) atoms. The van der Waals surface area contributed by atoms with Gasteiger partial charge in [0.2, 0.25) is 5.16 Å². The number of thioether (sulfide) groups is 1. The van der Waals surface area contributed by atoms with Gasteiger partial charge in [0, 0.05) is 36.1 Å². The lowest BCUT2D eigenvalue weighted by Gasteiger charge is -2.13. The second kappa shape index (κ2) is 8.01. The fourth-order valence-electron chi connectivity index (χ4n) is 2.56. The standard InChI is InChI=1S/C20H16N4O2S/c25-19-17-7-1-2-8-18(17)23-20(27-14-16-6-4-10-22-12-16)24(19)26-13-15-5-3-9-21-11-15/h1-12H,13-14H2. The molecule has 3 heterocycles. The van der Waals surface area contributed by atoms with Gasteiger partial charge in [0.05, 0.1) is 10.9 Å². The minimum Gasteiger partial charge on any atom is -0.403 e. The van der Waals surface area contributed by atoms with E-state index in [1.807, 2.05) is 42.5 Å². The molecule has 0 atom stereocenters. The summed E-state index contributed by atoms with van der Waals surface area (Å²) in [5.74, 6) is 0.634. The molecular formula is C20H16N4O2S. The van der Waals surface area contributed by atoms with Crippen molar-refractivity contribution in [3.8, 4) is 0 Å². The molecule has 0 amide bonds. The van der Waals surface area contributed by atoms with Gasteiger partial charge in [-0.15, -0.1) is 4.73 Å². The molecule has 4 aromatic rings. The van der Waals surface area contributed by atoms with Crippen molar-refractivity contribution in [2.24, 2.45) is 0 Å². The van der Waals surface area contributed by atoms with Crippen LogP contribution >= 0.6 is 11.8 Å². The predicted molar refractivity (Wildman–Crippen MR) is 104 cm³/mol. The highest BCUT2D eigenvalue weighted by Crippen LogP contribution is 2.21. The Labute approximate surface area is 159 Å². The van der Waals surface area contributed by atoms with Crippen LogP contribution in [-0.4, -0.2) is 19.7 Å². The lowest BCUT2D eigenvalue weighted by Crippen LogP contribution is -2.29. The van der Waals surface area contributed by atoms with E-state index in [4.69, 9.17) is 4.84 Å². The van der Waals surface area contributed by atoms with E-state index in [2.05, 4.69) is 15.0 Å². The van der Waals surface area contributed by atoms with Crippen molar-refractivity contribution in [1.82, 2.24) is 19.7 Å². The Morgan fingerprint density at radius 3 is 2.41 bits per heavy atom. The van der Waals surface area contributed by atoms with Gasteiger partial charge in [-0.1, -0.05) is 36.0 Å². The van der Waals surface area contributed by atoms with Gasteiger partial charge in [0.1, 0.15) is 6.61 Å². The van der Waals surface area contributed by atoms with Crippen molar-refractivity contribution in [3.05, 3.63) is 94.8 Å². The first-order valence-corrected chi connectivity index (χ1v) is 9.35. The number of hydrogen-bond donors (Lipinski definition) is 0. The molecule has 0 spiro atoms. The summed E-state index contributed by atoms with van der Waals surface area (Å²) in [4.78, 5) is 31.6. The molecule has 0 N–H and O–H groups in total. The summed E-state index contributed by atoms with van der Waals surface area (Å²) in [5, 5.41) is 1.03. The Kier molecular flexibility index (Phi) is 5.11. The molecule has 4 rings (SSSR count). The molecule has 0 bridgehead atoms. The Morgan fingerprint density at radius 2 is 1.67 bits per heavy atom. The third-order valence-corrected chi connectivity index (χ3v) is 4.88.